The molecule has 0 aliphatic heterocycles. The monoisotopic (exact) mass is 643 g/mol. The number of alkyl halides is 2. The number of hydrogen-bond donors (Lipinski definition) is 3. The van der Waals surface area contributed by atoms with E-state index in [4.69, 9.17) is 0 Å². The molecule has 1 saturated carbocycles. The Bertz CT molecular complexity index is 1200. The second-order valence-electron chi connectivity index (χ2n) is 12.7. The van der Waals surface area contributed by atoms with Crippen LogP contribution >= 0.6 is 7.60 Å². The van der Waals surface area contributed by atoms with E-state index in [-0.39, 0.29) is 12.3 Å². The van der Waals surface area contributed by atoms with Crippen molar-refractivity contribution in [3.05, 3.63) is 35.4 Å². The van der Waals surface area contributed by atoms with Crippen LogP contribution < -0.4 is 10.6 Å². The normalized spacial score (nSPS) is 17.1. The van der Waals surface area contributed by atoms with Gasteiger partial charge in [0.25, 0.3) is 0 Å². The van der Waals surface area contributed by atoms with Gasteiger partial charge in [0.15, 0.2) is 0 Å². The lowest BCUT2D eigenvalue weighted by molar-refractivity contribution is -0.145. The zero-order valence-corrected chi connectivity index (χ0v) is 27.6. The van der Waals surface area contributed by atoms with E-state index in [2.05, 4.69) is 15.2 Å². The lowest BCUT2D eigenvalue weighted by atomic mass is 9.86. The summed E-state index contributed by atoms with van der Waals surface area (Å²) in [7, 11) is -4.03. The highest BCUT2D eigenvalue weighted by Crippen LogP contribution is 2.63. The molecule has 0 spiro atoms. The van der Waals surface area contributed by atoms with Crippen molar-refractivity contribution in [3.63, 3.8) is 0 Å². The number of benzene rings is 1. The maximum absolute atomic E-state index is 14.9. The molecule has 3 N–H and O–H groups in total. The highest BCUT2D eigenvalue weighted by Gasteiger charge is 2.55. The number of nitrogens with one attached hydrogen (secondary N) is 2. The van der Waals surface area contributed by atoms with E-state index in [0.29, 0.717) is 24.4 Å². The summed E-state index contributed by atoms with van der Waals surface area (Å²) in [6.07, 6.45) is 8.44. The van der Waals surface area contributed by atoms with Crippen LogP contribution in [0.25, 0.3) is 0 Å². The summed E-state index contributed by atoms with van der Waals surface area (Å²) in [5, 5.41) is 5.25. The van der Waals surface area contributed by atoms with Crippen LogP contribution in [0.3, 0.4) is 0 Å². The molecule has 3 atom stereocenters. The fraction of sp³-hybridized carbons (Fsp3) is 0.677. The third-order valence-electron chi connectivity index (χ3n) is 7.84. The van der Waals surface area contributed by atoms with Gasteiger partial charge in [0, 0.05) is 32.5 Å². The Morgan fingerprint density at radius 3 is 2.16 bits per heavy atom. The van der Waals surface area contributed by atoms with Crippen molar-refractivity contribution in [3.8, 4) is 0 Å². The summed E-state index contributed by atoms with van der Waals surface area (Å²) in [5.74, 6) is -1.91. The number of nitrogens with zero attached hydrogens (tertiary/aromatic N) is 1. The van der Waals surface area contributed by atoms with Crippen molar-refractivity contribution < 1.29 is 41.9 Å². The van der Waals surface area contributed by atoms with Crippen LogP contribution in [0, 0.1) is 11.3 Å². The number of carbonyl (C=O) groups is 4. The second kappa shape index (κ2) is 15.9. The predicted octanol–water partition coefficient (Wildman–Crippen LogP) is 5.27. The van der Waals surface area contributed by atoms with Gasteiger partial charge in [0.05, 0.1) is 5.41 Å². The first-order chi connectivity index (χ1) is 20.4. The zero-order chi connectivity index (χ0) is 33.3. The molecule has 1 aromatic carbocycles. The predicted molar refractivity (Wildman–Crippen MR) is 163 cm³/mol. The smallest absolute Gasteiger partial charge is 0.387 e. The van der Waals surface area contributed by atoms with Gasteiger partial charge in [-0.15, -0.1) is 0 Å². The third-order valence-corrected chi connectivity index (χ3v) is 9.22. The first-order valence-corrected chi connectivity index (χ1v) is 16.8. The van der Waals surface area contributed by atoms with Gasteiger partial charge >= 0.3 is 19.2 Å². The largest absolute Gasteiger partial charge is 0.452 e. The summed E-state index contributed by atoms with van der Waals surface area (Å²) in [6.45, 7) is 7.65. The molecule has 1 aromatic rings. The Morgan fingerprint density at radius 1 is 1.05 bits per heavy atom. The van der Waals surface area contributed by atoms with E-state index >= 15 is 0 Å². The summed E-state index contributed by atoms with van der Waals surface area (Å²) < 4.78 is 46.5. The molecular formula is C31H48F2N3O7P. The van der Waals surface area contributed by atoms with E-state index in [0.717, 1.165) is 25.0 Å². The highest BCUT2D eigenvalue weighted by molar-refractivity contribution is 7.54. The van der Waals surface area contributed by atoms with Crippen LogP contribution in [0.1, 0.15) is 97.1 Å². The average molecular weight is 644 g/mol. The van der Waals surface area contributed by atoms with E-state index < -0.39 is 54.1 Å². The van der Waals surface area contributed by atoms with Crippen LogP contribution in [-0.2, 0) is 40.4 Å². The molecule has 248 valence electrons. The average Bonchev–Trinajstić information content (AvgIpc) is 2.94. The minimum absolute atomic E-state index is 0.102. The fourth-order valence-corrected chi connectivity index (χ4v) is 6.17. The van der Waals surface area contributed by atoms with Crippen molar-refractivity contribution in [2.45, 2.75) is 110 Å². The molecule has 0 bridgehead atoms. The molecule has 1 aliphatic rings. The fourth-order valence-electron chi connectivity index (χ4n) is 5.08. The van der Waals surface area contributed by atoms with E-state index in [1.807, 2.05) is 0 Å². The first kappa shape index (κ1) is 37.3. The highest BCUT2D eigenvalue weighted by atomic mass is 31.2. The van der Waals surface area contributed by atoms with Crippen LogP contribution in [0.15, 0.2) is 24.3 Å². The van der Waals surface area contributed by atoms with Crippen molar-refractivity contribution in [1.82, 2.24) is 15.5 Å². The van der Waals surface area contributed by atoms with Crippen molar-refractivity contribution in [2.24, 2.45) is 11.3 Å². The van der Waals surface area contributed by atoms with Gasteiger partial charge in [0.2, 0.25) is 17.7 Å². The SMILES string of the molecule is CC[C@H](NC(=O)[C@H](Cc1ccc(C(F)(F)P(=O)(O)OC(=O)C(C)(C)C)cc1)NC(C)=O)C(=O)N(C)CCCC1CCCCC1. The molecule has 0 saturated heterocycles. The van der Waals surface area contributed by atoms with Gasteiger partial charge < -0.3 is 25.0 Å². The molecule has 13 heteroatoms. The van der Waals surface area contributed by atoms with Gasteiger partial charge in [-0.25, -0.2) is 4.57 Å². The number of carbonyl (C=O) groups excluding carboxylic acids is 4. The molecule has 1 aliphatic carbocycles. The number of likely N-dealkylation sites (N-methyl/N-ethyl adjacent to an activating group) is 1. The molecule has 1 fully saturated rings. The Balaban J connectivity index is 2.07. The molecule has 0 aromatic heterocycles. The van der Waals surface area contributed by atoms with Crippen molar-refractivity contribution in [2.75, 3.05) is 13.6 Å². The third kappa shape index (κ3) is 10.6. The lowest BCUT2D eigenvalue weighted by Gasteiger charge is -2.27. The topological polar surface area (TPSA) is 142 Å². The maximum Gasteiger partial charge on any atom is 0.452 e. The first-order valence-electron chi connectivity index (χ1n) is 15.3. The second-order valence-corrected chi connectivity index (χ2v) is 14.5. The van der Waals surface area contributed by atoms with Crippen LogP contribution in [-0.4, -0.2) is 59.2 Å². The summed E-state index contributed by atoms with van der Waals surface area (Å²) >= 11 is 0. The number of halogens is 2. The van der Waals surface area contributed by atoms with Crippen molar-refractivity contribution in [1.29, 1.82) is 0 Å². The molecule has 44 heavy (non-hydrogen) atoms. The summed E-state index contributed by atoms with van der Waals surface area (Å²) in [4.78, 5) is 61.7. The molecule has 2 rings (SSSR count). The minimum Gasteiger partial charge on any atom is -0.387 e. The van der Waals surface area contributed by atoms with Gasteiger partial charge in [-0.2, -0.15) is 8.78 Å². The standard InChI is InChI=1S/C31H48F2N3O7P/c1-7-25(28(39)36(6)19-11-14-22-12-9-8-10-13-22)35-27(38)26(34-21(2)37)20-23-15-17-24(18-16-23)31(32,33)44(41,42)43-29(40)30(3,4)5/h15-18,22,25-26H,7-14,19-20H2,1-6H3,(H,34,37)(H,35,38)(H,41,42)/t25-,26-/m0/s1. The van der Waals surface area contributed by atoms with Gasteiger partial charge in [-0.05, 0) is 51.5 Å². The van der Waals surface area contributed by atoms with E-state index in [1.54, 1.807) is 18.9 Å². The van der Waals surface area contributed by atoms with Crippen molar-refractivity contribution >= 4 is 31.3 Å². The summed E-state index contributed by atoms with van der Waals surface area (Å²) in [5.41, 5.74) is -6.17. The van der Waals surface area contributed by atoms with Crippen LogP contribution in [0.2, 0.25) is 0 Å². The van der Waals surface area contributed by atoms with Gasteiger partial charge in [-0.3, -0.25) is 19.2 Å². The van der Waals surface area contributed by atoms with Crippen LogP contribution in [0.4, 0.5) is 8.78 Å². The van der Waals surface area contributed by atoms with Crippen LogP contribution in [0.5, 0.6) is 0 Å². The molecule has 3 amide bonds. The van der Waals surface area contributed by atoms with E-state index in [9.17, 15) is 37.4 Å². The Morgan fingerprint density at radius 2 is 1.64 bits per heavy atom. The van der Waals surface area contributed by atoms with Gasteiger partial charge in [-0.1, -0.05) is 63.3 Å². The Labute approximate surface area is 259 Å². The molecular weight excluding hydrogens is 595 g/mol. The minimum atomic E-state index is -5.74. The molecule has 0 radical (unpaired) electrons. The summed E-state index contributed by atoms with van der Waals surface area (Å²) in [6, 6.07) is 2.31. The number of hydrogen-bond acceptors (Lipinski definition) is 6. The number of amides is 3. The maximum atomic E-state index is 14.9. The molecule has 0 heterocycles. The Kier molecular flexibility index (Phi) is 13.5. The molecule has 1 unspecified atom stereocenters. The Hall–Kier alpha value is -2.85. The quantitative estimate of drug-likeness (QED) is 0.235. The zero-order valence-electron chi connectivity index (χ0n) is 26.7. The lowest BCUT2D eigenvalue weighted by Crippen LogP contribution is -2.54. The van der Waals surface area contributed by atoms with E-state index in [1.165, 1.54) is 71.9 Å². The van der Waals surface area contributed by atoms with Gasteiger partial charge in [0.1, 0.15) is 12.1 Å². The number of rotatable bonds is 14. The molecule has 10 nitrogen and oxygen atoms in total.